The lowest BCUT2D eigenvalue weighted by Gasteiger charge is -2.07. The molecule has 0 saturated carbocycles. The van der Waals surface area contributed by atoms with E-state index >= 15 is 0 Å². The Morgan fingerprint density at radius 1 is 1.00 bits per heavy atom. The number of hydrogen-bond acceptors (Lipinski definition) is 2. The Kier molecular flexibility index (Phi) is 2.46. The number of benzene rings is 1. The van der Waals surface area contributed by atoms with E-state index in [9.17, 15) is 0 Å². The molecule has 0 N–H and O–H groups in total. The molecule has 1 aromatic carbocycles. The number of hydrogen-bond donors (Lipinski definition) is 0. The topological polar surface area (TPSA) is 25.8 Å². The summed E-state index contributed by atoms with van der Waals surface area (Å²) in [7, 11) is 5.79. The lowest BCUT2D eigenvalue weighted by atomic mass is 9.93. The van der Waals surface area contributed by atoms with Crippen LogP contribution in [0, 0.1) is 0 Å². The van der Waals surface area contributed by atoms with Gasteiger partial charge < -0.3 is 0 Å². The van der Waals surface area contributed by atoms with E-state index in [1.807, 2.05) is 12.1 Å². The first-order valence-electron chi connectivity index (χ1n) is 4.96. The highest BCUT2D eigenvalue weighted by Crippen LogP contribution is 2.31. The zero-order valence-corrected chi connectivity index (χ0v) is 10.1. The SMILES string of the molecule is [B]c1ccc2c(Cl)nc3ccnc(Cl)c3c2c1. The molecular formula is C12H5BCl2N2. The molecule has 3 aromatic rings. The van der Waals surface area contributed by atoms with Gasteiger partial charge in [-0.15, -0.1) is 0 Å². The first kappa shape index (κ1) is 10.8. The fraction of sp³-hybridized carbons (Fsp3) is 0. The minimum atomic E-state index is 0.405. The third-order valence-electron chi connectivity index (χ3n) is 2.64. The minimum absolute atomic E-state index is 0.405. The second-order valence-electron chi connectivity index (χ2n) is 3.70. The van der Waals surface area contributed by atoms with Gasteiger partial charge in [-0.25, -0.2) is 9.97 Å². The van der Waals surface area contributed by atoms with Crippen molar-refractivity contribution in [1.29, 1.82) is 0 Å². The molecule has 3 rings (SSSR count). The minimum Gasteiger partial charge on any atom is -0.244 e. The normalized spacial score (nSPS) is 11.2. The summed E-state index contributed by atoms with van der Waals surface area (Å²) in [6.45, 7) is 0. The van der Waals surface area contributed by atoms with Gasteiger partial charge in [-0.2, -0.15) is 0 Å². The zero-order chi connectivity index (χ0) is 12.0. The van der Waals surface area contributed by atoms with Crippen LogP contribution in [0.4, 0.5) is 0 Å². The van der Waals surface area contributed by atoms with E-state index in [1.165, 1.54) is 0 Å². The van der Waals surface area contributed by atoms with Crippen LogP contribution in [0.1, 0.15) is 0 Å². The molecule has 0 aliphatic heterocycles. The Morgan fingerprint density at radius 3 is 2.65 bits per heavy atom. The Labute approximate surface area is 109 Å². The summed E-state index contributed by atoms with van der Waals surface area (Å²) >= 11 is 12.2. The summed E-state index contributed by atoms with van der Waals surface area (Å²) in [5, 5.41) is 3.32. The average molecular weight is 259 g/mol. The molecule has 17 heavy (non-hydrogen) atoms. The van der Waals surface area contributed by atoms with E-state index in [4.69, 9.17) is 31.0 Å². The number of rotatable bonds is 0. The molecule has 0 bridgehead atoms. The van der Waals surface area contributed by atoms with Gasteiger partial charge in [-0.1, -0.05) is 46.9 Å². The summed E-state index contributed by atoms with van der Waals surface area (Å²) < 4.78 is 0. The number of fused-ring (bicyclic) bond motifs is 3. The molecule has 0 fully saturated rings. The highest BCUT2D eigenvalue weighted by atomic mass is 35.5. The maximum atomic E-state index is 6.13. The Hall–Kier alpha value is -1.32. The molecule has 80 valence electrons. The molecule has 2 aromatic heterocycles. The molecule has 2 nitrogen and oxygen atoms in total. The van der Waals surface area contributed by atoms with Crippen molar-refractivity contribution >= 4 is 58.2 Å². The zero-order valence-electron chi connectivity index (χ0n) is 8.61. The second-order valence-corrected chi connectivity index (χ2v) is 4.42. The Bertz CT molecular complexity index is 743. The van der Waals surface area contributed by atoms with Gasteiger partial charge >= 0.3 is 0 Å². The van der Waals surface area contributed by atoms with Crippen LogP contribution in [0.25, 0.3) is 21.7 Å². The summed E-state index contributed by atoms with van der Waals surface area (Å²) in [5.74, 6) is 0. The smallest absolute Gasteiger partial charge is 0.139 e. The Morgan fingerprint density at radius 2 is 1.82 bits per heavy atom. The first-order chi connectivity index (χ1) is 8.16. The van der Waals surface area contributed by atoms with Crippen molar-refractivity contribution in [2.75, 3.05) is 0 Å². The molecule has 0 unspecified atom stereocenters. The molecule has 2 heterocycles. The monoisotopic (exact) mass is 258 g/mol. The van der Waals surface area contributed by atoms with Crippen molar-refractivity contribution in [1.82, 2.24) is 9.97 Å². The quantitative estimate of drug-likeness (QED) is 0.352. The van der Waals surface area contributed by atoms with Crippen LogP contribution in [0.5, 0.6) is 0 Å². The number of nitrogens with zero attached hydrogens (tertiary/aromatic N) is 2. The fourth-order valence-electron chi connectivity index (χ4n) is 1.88. The van der Waals surface area contributed by atoms with E-state index in [1.54, 1.807) is 18.3 Å². The van der Waals surface area contributed by atoms with Crippen molar-refractivity contribution in [3.63, 3.8) is 0 Å². The lowest BCUT2D eigenvalue weighted by Crippen LogP contribution is -2.01. The van der Waals surface area contributed by atoms with Gasteiger partial charge in [-0.3, -0.25) is 0 Å². The average Bonchev–Trinajstić information content (AvgIpc) is 2.28. The van der Waals surface area contributed by atoms with Crippen LogP contribution in [0.15, 0.2) is 30.5 Å². The Balaban J connectivity index is 2.65. The standard InChI is InChI=1S/C12H5BCl2N2/c13-6-1-2-7-8(5-6)10-9(17-11(7)14)3-4-16-12(10)15/h1-5H. The van der Waals surface area contributed by atoms with Gasteiger partial charge in [0.05, 0.1) is 5.52 Å². The molecule has 0 amide bonds. The molecule has 0 saturated heterocycles. The van der Waals surface area contributed by atoms with Gasteiger partial charge in [0.25, 0.3) is 0 Å². The van der Waals surface area contributed by atoms with Gasteiger partial charge in [0.1, 0.15) is 18.2 Å². The fourth-order valence-corrected chi connectivity index (χ4v) is 2.39. The molecular weight excluding hydrogens is 254 g/mol. The second kappa shape index (κ2) is 3.86. The van der Waals surface area contributed by atoms with Crippen LogP contribution in [-0.4, -0.2) is 17.8 Å². The predicted octanol–water partition coefficient (Wildman–Crippen LogP) is 2.88. The largest absolute Gasteiger partial charge is 0.244 e. The van der Waals surface area contributed by atoms with E-state index < -0.39 is 0 Å². The summed E-state index contributed by atoms with van der Waals surface area (Å²) in [6, 6.07) is 7.23. The highest BCUT2D eigenvalue weighted by Gasteiger charge is 2.10. The van der Waals surface area contributed by atoms with Gasteiger partial charge in [0.2, 0.25) is 0 Å². The number of aromatic nitrogens is 2. The number of pyridine rings is 2. The molecule has 0 atom stereocenters. The van der Waals surface area contributed by atoms with Crippen molar-refractivity contribution < 1.29 is 0 Å². The van der Waals surface area contributed by atoms with Crippen LogP contribution < -0.4 is 5.46 Å². The van der Waals surface area contributed by atoms with E-state index in [0.717, 1.165) is 16.2 Å². The summed E-state index contributed by atoms with van der Waals surface area (Å²) in [5.41, 5.74) is 1.37. The van der Waals surface area contributed by atoms with Crippen LogP contribution >= 0.6 is 23.2 Å². The third-order valence-corrected chi connectivity index (χ3v) is 3.21. The maximum Gasteiger partial charge on any atom is 0.139 e. The van der Waals surface area contributed by atoms with E-state index in [2.05, 4.69) is 9.97 Å². The molecule has 0 spiro atoms. The van der Waals surface area contributed by atoms with Crippen molar-refractivity contribution in [3.05, 3.63) is 40.8 Å². The van der Waals surface area contributed by atoms with Crippen molar-refractivity contribution in [2.24, 2.45) is 0 Å². The molecule has 2 radical (unpaired) electrons. The van der Waals surface area contributed by atoms with E-state index in [0.29, 0.717) is 21.3 Å². The first-order valence-corrected chi connectivity index (χ1v) is 5.71. The summed E-state index contributed by atoms with van der Waals surface area (Å²) in [4.78, 5) is 8.35. The van der Waals surface area contributed by atoms with E-state index in [-0.39, 0.29) is 0 Å². The van der Waals surface area contributed by atoms with Gasteiger partial charge in [-0.05, 0) is 11.5 Å². The highest BCUT2D eigenvalue weighted by molar-refractivity contribution is 6.41. The van der Waals surface area contributed by atoms with Gasteiger partial charge in [0, 0.05) is 17.0 Å². The molecule has 0 aliphatic carbocycles. The predicted molar refractivity (Wildman–Crippen MR) is 72.5 cm³/mol. The van der Waals surface area contributed by atoms with Crippen LogP contribution in [-0.2, 0) is 0 Å². The third kappa shape index (κ3) is 1.66. The molecule has 5 heteroatoms. The lowest BCUT2D eigenvalue weighted by molar-refractivity contribution is 1.34. The van der Waals surface area contributed by atoms with Crippen molar-refractivity contribution in [2.45, 2.75) is 0 Å². The van der Waals surface area contributed by atoms with Crippen molar-refractivity contribution in [3.8, 4) is 0 Å². The maximum absolute atomic E-state index is 6.13. The molecule has 0 aliphatic rings. The van der Waals surface area contributed by atoms with Gasteiger partial charge in [0.15, 0.2) is 0 Å². The summed E-state index contributed by atoms with van der Waals surface area (Å²) in [6.07, 6.45) is 1.60. The number of halogens is 2. The van der Waals surface area contributed by atoms with Crippen LogP contribution in [0.2, 0.25) is 10.3 Å². The van der Waals surface area contributed by atoms with Crippen LogP contribution in [0.3, 0.4) is 0 Å².